The minimum absolute atomic E-state index is 0.0163. The van der Waals surface area contributed by atoms with E-state index < -0.39 is 0 Å². The first-order valence-corrected chi connectivity index (χ1v) is 5.92. The van der Waals surface area contributed by atoms with Gasteiger partial charge in [-0.15, -0.1) is 0 Å². The molecule has 0 saturated carbocycles. The quantitative estimate of drug-likeness (QED) is 0.755. The Morgan fingerprint density at radius 1 is 1.12 bits per heavy atom. The second kappa shape index (κ2) is 3.99. The van der Waals surface area contributed by atoms with Crippen LogP contribution in [-0.2, 0) is 0 Å². The SMILES string of the molecule is Cc1nc2c(ccc(=O)n2C(C)C)c(C)c1C. The minimum atomic E-state index is 0.0163. The normalized spacial score (nSPS) is 11.4. The maximum Gasteiger partial charge on any atom is 0.252 e. The Bertz CT molecular complexity index is 639. The van der Waals surface area contributed by atoms with Gasteiger partial charge < -0.3 is 0 Å². The van der Waals surface area contributed by atoms with Crippen LogP contribution in [0.4, 0.5) is 0 Å². The predicted octanol–water partition coefficient (Wildman–Crippen LogP) is 2.90. The van der Waals surface area contributed by atoms with Crippen molar-refractivity contribution in [2.45, 2.75) is 40.7 Å². The van der Waals surface area contributed by atoms with Crippen molar-refractivity contribution >= 4 is 11.0 Å². The molecule has 0 bridgehead atoms. The average Bonchev–Trinajstić information content (AvgIpc) is 2.25. The lowest BCUT2D eigenvalue weighted by Crippen LogP contribution is -2.22. The summed E-state index contributed by atoms with van der Waals surface area (Å²) < 4.78 is 1.76. The fraction of sp³-hybridized carbons (Fsp3) is 0.429. The molecule has 0 fully saturated rings. The Kier molecular flexibility index (Phi) is 2.77. The van der Waals surface area contributed by atoms with Crippen LogP contribution in [0.3, 0.4) is 0 Å². The smallest absolute Gasteiger partial charge is 0.252 e. The summed E-state index contributed by atoms with van der Waals surface area (Å²) in [6.07, 6.45) is 0. The van der Waals surface area contributed by atoms with Gasteiger partial charge in [-0.05, 0) is 51.8 Å². The molecule has 0 saturated heterocycles. The van der Waals surface area contributed by atoms with Gasteiger partial charge in [0.25, 0.3) is 5.56 Å². The van der Waals surface area contributed by atoms with Crippen molar-refractivity contribution in [1.82, 2.24) is 9.55 Å². The summed E-state index contributed by atoms with van der Waals surface area (Å²) in [5, 5.41) is 1.07. The molecule has 2 rings (SSSR count). The third kappa shape index (κ3) is 1.75. The molecule has 3 heteroatoms. The molecule has 2 heterocycles. The summed E-state index contributed by atoms with van der Waals surface area (Å²) in [6.45, 7) is 10.2. The van der Waals surface area contributed by atoms with Gasteiger partial charge in [-0.2, -0.15) is 0 Å². The highest BCUT2D eigenvalue weighted by Crippen LogP contribution is 2.22. The number of hydrogen-bond acceptors (Lipinski definition) is 2. The average molecular weight is 230 g/mol. The highest BCUT2D eigenvalue weighted by atomic mass is 16.1. The van der Waals surface area contributed by atoms with Crippen molar-refractivity contribution in [2.75, 3.05) is 0 Å². The van der Waals surface area contributed by atoms with E-state index >= 15 is 0 Å². The molecular weight excluding hydrogens is 212 g/mol. The molecule has 0 atom stereocenters. The van der Waals surface area contributed by atoms with Crippen LogP contribution in [0.1, 0.15) is 36.7 Å². The van der Waals surface area contributed by atoms with Gasteiger partial charge in [-0.1, -0.05) is 0 Å². The Hall–Kier alpha value is -1.64. The summed E-state index contributed by atoms with van der Waals surface area (Å²) in [6, 6.07) is 3.64. The molecule has 0 N–H and O–H groups in total. The molecule has 2 aromatic heterocycles. The largest absolute Gasteiger partial charge is 0.290 e. The number of fused-ring (bicyclic) bond motifs is 1. The molecule has 2 aromatic rings. The van der Waals surface area contributed by atoms with E-state index in [1.54, 1.807) is 10.6 Å². The molecule has 17 heavy (non-hydrogen) atoms. The van der Waals surface area contributed by atoms with Crippen molar-refractivity contribution in [3.8, 4) is 0 Å². The number of nitrogens with zero attached hydrogens (tertiary/aromatic N) is 2. The van der Waals surface area contributed by atoms with Crippen LogP contribution >= 0.6 is 0 Å². The maximum absolute atomic E-state index is 11.9. The Morgan fingerprint density at radius 3 is 2.35 bits per heavy atom. The standard InChI is InChI=1S/C14H18N2O/c1-8(2)16-13(17)7-6-12-10(4)9(3)11(5)15-14(12)16/h6-8H,1-5H3. The topological polar surface area (TPSA) is 34.9 Å². The van der Waals surface area contributed by atoms with Gasteiger partial charge in [-0.25, -0.2) is 4.98 Å². The highest BCUT2D eigenvalue weighted by molar-refractivity contribution is 5.80. The first kappa shape index (κ1) is 11.8. The van der Waals surface area contributed by atoms with Crippen molar-refractivity contribution in [3.63, 3.8) is 0 Å². The van der Waals surface area contributed by atoms with E-state index in [1.165, 1.54) is 11.1 Å². The van der Waals surface area contributed by atoms with Crippen LogP contribution in [0.15, 0.2) is 16.9 Å². The fourth-order valence-electron chi connectivity index (χ4n) is 2.17. The lowest BCUT2D eigenvalue weighted by molar-refractivity contribution is 0.594. The van der Waals surface area contributed by atoms with Crippen molar-refractivity contribution in [2.24, 2.45) is 0 Å². The zero-order valence-corrected chi connectivity index (χ0v) is 11.0. The highest BCUT2D eigenvalue weighted by Gasteiger charge is 2.11. The van der Waals surface area contributed by atoms with Crippen LogP contribution in [0.25, 0.3) is 11.0 Å². The zero-order valence-electron chi connectivity index (χ0n) is 11.0. The molecule has 0 aliphatic heterocycles. The minimum Gasteiger partial charge on any atom is -0.290 e. The second-order valence-electron chi connectivity index (χ2n) is 4.82. The Morgan fingerprint density at radius 2 is 1.76 bits per heavy atom. The lowest BCUT2D eigenvalue weighted by atomic mass is 10.1. The van der Waals surface area contributed by atoms with E-state index in [0.717, 1.165) is 16.7 Å². The number of rotatable bonds is 1. The van der Waals surface area contributed by atoms with E-state index in [0.29, 0.717) is 0 Å². The van der Waals surface area contributed by atoms with Gasteiger partial charge in [0.05, 0.1) is 0 Å². The molecule has 0 amide bonds. The number of aryl methyl sites for hydroxylation is 2. The van der Waals surface area contributed by atoms with Gasteiger partial charge in [0, 0.05) is 23.2 Å². The lowest BCUT2D eigenvalue weighted by Gasteiger charge is -2.16. The number of aromatic nitrogens is 2. The maximum atomic E-state index is 11.9. The summed E-state index contributed by atoms with van der Waals surface area (Å²) >= 11 is 0. The van der Waals surface area contributed by atoms with Crippen LogP contribution < -0.4 is 5.56 Å². The van der Waals surface area contributed by atoms with Gasteiger partial charge in [0.2, 0.25) is 0 Å². The summed E-state index contributed by atoms with van der Waals surface area (Å²) in [4.78, 5) is 16.5. The molecule has 0 spiro atoms. The third-order valence-electron chi connectivity index (χ3n) is 3.40. The molecule has 0 aromatic carbocycles. The van der Waals surface area contributed by atoms with E-state index in [1.807, 2.05) is 26.8 Å². The van der Waals surface area contributed by atoms with Gasteiger partial charge in [-0.3, -0.25) is 9.36 Å². The summed E-state index contributed by atoms with van der Waals surface area (Å²) in [5.41, 5.74) is 4.22. The molecule has 0 radical (unpaired) electrons. The van der Waals surface area contributed by atoms with E-state index in [2.05, 4.69) is 18.8 Å². The number of hydrogen-bond donors (Lipinski definition) is 0. The van der Waals surface area contributed by atoms with Gasteiger partial charge in [0.1, 0.15) is 5.65 Å². The van der Waals surface area contributed by atoms with Crippen LogP contribution in [0.5, 0.6) is 0 Å². The Labute approximate surface area is 101 Å². The predicted molar refractivity (Wildman–Crippen MR) is 70.6 cm³/mol. The first-order chi connectivity index (χ1) is 7.93. The molecule has 0 unspecified atom stereocenters. The summed E-state index contributed by atoms with van der Waals surface area (Å²) in [5.74, 6) is 0. The fourth-order valence-corrected chi connectivity index (χ4v) is 2.17. The second-order valence-corrected chi connectivity index (χ2v) is 4.82. The third-order valence-corrected chi connectivity index (χ3v) is 3.40. The molecule has 0 aliphatic rings. The summed E-state index contributed by atoms with van der Waals surface area (Å²) in [7, 11) is 0. The van der Waals surface area contributed by atoms with Crippen LogP contribution in [-0.4, -0.2) is 9.55 Å². The zero-order chi connectivity index (χ0) is 12.7. The van der Waals surface area contributed by atoms with Crippen LogP contribution in [0, 0.1) is 20.8 Å². The number of pyridine rings is 2. The van der Waals surface area contributed by atoms with E-state index in [4.69, 9.17) is 0 Å². The van der Waals surface area contributed by atoms with Crippen LogP contribution in [0.2, 0.25) is 0 Å². The van der Waals surface area contributed by atoms with E-state index in [9.17, 15) is 4.79 Å². The Balaban J connectivity index is 3.01. The monoisotopic (exact) mass is 230 g/mol. The van der Waals surface area contributed by atoms with Gasteiger partial charge in [0.15, 0.2) is 0 Å². The van der Waals surface area contributed by atoms with Gasteiger partial charge >= 0.3 is 0 Å². The van der Waals surface area contributed by atoms with Crippen molar-refractivity contribution in [1.29, 1.82) is 0 Å². The van der Waals surface area contributed by atoms with Crippen molar-refractivity contribution in [3.05, 3.63) is 39.3 Å². The van der Waals surface area contributed by atoms with Crippen molar-refractivity contribution < 1.29 is 0 Å². The first-order valence-electron chi connectivity index (χ1n) is 5.92. The molecule has 0 aliphatic carbocycles. The molecule has 3 nitrogen and oxygen atoms in total. The van der Waals surface area contributed by atoms with E-state index in [-0.39, 0.29) is 11.6 Å². The molecular formula is C14H18N2O. The molecule has 90 valence electrons.